The van der Waals surface area contributed by atoms with E-state index in [2.05, 4.69) is 24.4 Å². The predicted octanol–water partition coefficient (Wildman–Crippen LogP) is 3.88. The van der Waals surface area contributed by atoms with E-state index in [-0.39, 0.29) is 0 Å². The van der Waals surface area contributed by atoms with Gasteiger partial charge in [-0.05, 0) is 60.2 Å². The molecule has 0 unspecified atom stereocenters. The van der Waals surface area contributed by atoms with Gasteiger partial charge in [-0.25, -0.2) is 0 Å². The Labute approximate surface area is 105 Å². The molecule has 1 aromatic carbocycles. The summed E-state index contributed by atoms with van der Waals surface area (Å²) in [6.07, 6.45) is 0.941. The topological polar surface area (TPSA) is 26.0 Å². The Hall–Kier alpha value is -0.830. The molecule has 2 aromatic rings. The van der Waals surface area contributed by atoms with Crippen LogP contribution in [-0.2, 0) is 6.42 Å². The molecule has 0 aliphatic carbocycles. The van der Waals surface area contributed by atoms with Crippen molar-refractivity contribution in [3.8, 4) is 10.4 Å². The van der Waals surface area contributed by atoms with E-state index in [0.717, 1.165) is 11.4 Å². The van der Waals surface area contributed by atoms with Gasteiger partial charge in [0, 0.05) is 9.90 Å². The fraction of sp³-hybridized carbons (Fsp3) is 0.231. The molecule has 0 aliphatic heterocycles. The number of hydrogen-bond donors (Lipinski definition) is 1. The van der Waals surface area contributed by atoms with E-state index >= 15 is 0 Å². The van der Waals surface area contributed by atoms with Crippen molar-refractivity contribution in [1.82, 2.24) is 0 Å². The number of rotatable bonds is 3. The second-order valence-electron chi connectivity index (χ2n) is 3.82. The summed E-state index contributed by atoms with van der Waals surface area (Å²) in [6, 6.07) is 8.21. The minimum atomic E-state index is 0.699. The molecule has 1 heterocycles. The highest BCUT2D eigenvalue weighted by molar-refractivity contribution is 7.13. The lowest BCUT2D eigenvalue weighted by molar-refractivity contribution is 0.974. The van der Waals surface area contributed by atoms with Crippen LogP contribution in [0.15, 0.2) is 29.6 Å². The molecule has 0 aliphatic rings. The minimum absolute atomic E-state index is 0.699. The second-order valence-corrected chi connectivity index (χ2v) is 5.16. The Morgan fingerprint density at radius 1 is 1.31 bits per heavy atom. The number of aryl methyl sites for hydroxylation is 1. The lowest BCUT2D eigenvalue weighted by atomic mass is 10.1. The molecule has 84 valence electrons. The van der Waals surface area contributed by atoms with E-state index in [4.69, 9.17) is 17.3 Å². The van der Waals surface area contributed by atoms with Gasteiger partial charge in [-0.2, -0.15) is 0 Å². The minimum Gasteiger partial charge on any atom is -0.330 e. The third-order valence-electron chi connectivity index (χ3n) is 2.55. The maximum absolute atomic E-state index is 6.02. The van der Waals surface area contributed by atoms with Crippen LogP contribution < -0.4 is 5.73 Å². The Bertz CT molecular complexity index is 490. The van der Waals surface area contributed by atoms with E-state index in [1.54, 1.807) is 11.3 Å². The first-order valence-corrected chi connectivity index (χ1v) is 6.50. The molecule has 0 fully saturated rings. The van der Waals surface area contributed by atoms with E-state index in [0.29, 0.717) is 6.54 Å². The molecule has 0 saturated carbocycles. The normalized spacial score (nSPS) is 10.7. The average Bonchev–Trinajstić information content (AvgIpc) is 2.71. The maximum atomic E-state index is 6.02. The maximum Gasteiger partial charge on any atom is 0.0412 e. The van der Waals surface area contributed by atoms with Crippen LogP contribution in [0.5, 0.6) is 0 Å². The molecule has 0 spiro atoms. The zero-order chi connectivity index (χ0) is 11.5. The van der Waals surface area contributed by atoms with Crippen LogP contribution in [-0.4, -0.2) is 6.54 Å². The molecule has 16 heavy (non-hydrogen) atoms. The summed E-state index contributed by atoms with van der Waals surface area (Å²) < 4.78 is 0. The Morgan fingerprint density at radius 3 is 2.88 bits per heavy atom. The van der Waals surface area contributed by atoms with Crippen LogP contribution in [0.25, 0.3) is 10.4 Å². The number of hydrogen-bond acceptors (Lipinski definition) is 2. The second kappa shape index (κ2) is 5.00. The number of benzene rings is 1. The summed E-state index contributed by atoms with van der Waals surface area (Å²) in [5.41, 5.74) is 9.33. The summed E-state index contributed by atoms with van der Waals surface area (Å²) in [5.74, 6) is 0. The van der Waals surface area contributed by atoms with Crippen molar-refractivity contribution in [3.63, 3.8) is 0 Å². The molecule has 2 rings (SSSR count). The largest absolute Gasteiger partial charge is 0.330 e. The lowest BCUT2D eigenvalue weighted by Gasteiger charge is -2.03. The molecular weight excluding hydrogens is 238 g/mol. The monoisotopic (exact) mass is 251 g/mol. The SMILES string of the molecule is Cc1ccc(Cl)cc1-c1cc(CCN)cs1. The standard InChI is InChI=1S/C13H14ClNS/c1-9-2-3-11(14)7-12(9)13-6-10(4-5-15)8-16-13/h2-3,6-8H,4-5,15H2,1H3. The summed E-state index contributed by atoms with van der Waals surface area (Å²) in [6.45, 7) is 2.80. The molecule has 0 atom stereocenters. The third kappa shape index (κ3) is 2.46. The van der Waals surface area contributed by atoms with Crippen LogP contribution in [0.1, 0.15) is 11.1 Å². The summed E-state index contributed by atoms with van der Waals surface area (Å²) in [7, 11) is 0. The van der Waals surface area contributed by atoms with Crippen LogP contribution in [0.3, 0.4) is 0 Å². The zero-order valence-electron chi connectivity index (χ0n) is 9.16. The van der Waals surface area contributed by atoms with Crippen molar-refractivity contribution < 1.29 is 0 Å². The van der Waals surface area contributed by atoms with Crippen molar-refractivity contribution in [2.24, 2.45) is 5.73 Å². The molecule has 1 aromatic heterocycles. The number of nitrogens with two attached hydrogens (primary N) is 1. The van der Waals surface area contributed by atoms with Crippen LogP contribution >= 0.6 is 22.9 Å². The average molecular weight is 252 g/mol. The fourth-order valence-electron chi connectivity index (χ4n) is 1.67. The summed E-state index contributed by atoms with van der Waals surface area (Å²) >= 11 is 7.77. The van der Waals surface area contributed by atoms with Gasteiger partial charge in [0.15, 0.2) is 0 Å². The van der Waals surface area contributed by atoms with Gasteiger partial charge in [0.2, 0.25) is 0 Å². The van der Waals surface area contributed by atoms with E-state index in [1.165, 1.54) is 21.6 Å². The van der Waals surface area contributed by atoms with Crippen LogP contribution in [0, 0.1) is 6.92 Å². The van der Waals surface area contributed by atoms with Gasteiger partial charge in [-0.1, -0.05) is 17.7 Å². The zero-order valence-corrected chi connectivity index (χ0v) is 10.7. The van der Waals surface area contributed by atoms with Gasteiger partial charge in [0.05, 0.1) is 0 Å². The highest BCUT2D eigenvalue weighted by Gasteiger charge is 2.06. The third-order valence-corrected chi connectivity index (χ3v) is 3.80. The first-order valence-electron chi connectivity index (χ1n) is 5.24. The molecule has 3 heteroatoms. The highest BCUT2D eigenvalue weighted by atomic mass is 35.5. The highest BCUT2D eigenvalue weighted by Crippen LogP contribution is 2.31. The fourth-order valence-corrected chi connectivity index (χ4v) is 2.88. The number of thiophene rings is 1. The first-order chi connectivity index (χ1) is 7.70. The van der Waals surface area contributed by atoms with E-state index in [1.807, 2.05) is 12.1 Å². The quantitative estimate of drug-likeness (QED) is 0.880. The van der Waals surface area contributed by atoms with Crippen molar-refractivity contribution in [3.05, 3.63) is 45.8 Å². The molecular formula is C13H14ClNS. The summed E-state index contributed by atoms with van der Waals surface area (Å²) in [4.78, 5) is 1.27. The molecule has 0 amide bonds. The summed E-state index contributed by atoms with van der Waals surface area (Å²) in [5, 5.41) is 2.96. The molecule has 0 radical (unpaired) electrons. The van der Waals surface area contributed by atoms with Crippen molar-refractivity contribution >= 4 is 22.9 Å². The first kappa shape index (κ1) is 11.6. The Balaban J connectivity index is 2.38. The Morgan fingerprint density at radius 2 is 2.12 bits per heavy atom. The van der Waals surface area contributed by atoms with Gasteiger partial charge >= 0.3 is 0 Å². The van der Waals surface area contributed by atoms with Crippen molar-refractivity contribution in [2.45, 2.75) is 13.3 Å². The smallest absolute Gasteiger partial charge is 0.0412 e. The predicted molar refractivity (Wildman–Crippen MR) is 72.3 cm³/mol. The Kier molecular flexibility index (Phi) is 3.64. The van der Waals surface area contributed by atoms with Crippen molar-refractivity contribution in [1.29, 1.82) is 0 Å². The van der Waals surface area contributed by atoms with Gasteiger partial charge in [0.1, 0.15) is 0 Å². The molecule has 0 saturated heterocycles. The molecule has 2 N–H and O–H groups in total. The van der Waals surface area contributed by atoms with Crippen molar-refractivity contribution in [2.75, 3.05) is 6.54 Å². The van der Waals surface area contributed by atoms with E-state index in [9.17, 15) is 0 Å². The van der Waals surface area contributed by atoms with Gasteiger partial charge in [-0.3, -0.25) is 0 Å². The van der Waals surface area contributed by atoms with E-state index < -0.39 is 0 Å². The van der Waals surface area contributed by atoms with Gasteiger partial charge < -0.3 is 5.73 Å². The molecule has 0 bridgehead atoms. The number of halogens is 1. The van der Waals surface area contributed by atoms with Gasteiger partial charge in [-0.15, -0.1) is 11.3 Å². The van der Waals surface area contributed by atoms with Crippen LogP contribution in [0.2, 0.25) is 5.02 Å². The molecule has 1 nitrogen and oxygen atoms in total. The van der Waals surface area contributed by atoms with Crippen LogP contribution in [0.4, 0.5) is 0 Å². The lowest BCUT2D eigenvalue weighted by Crippen LogP contribution is -2.01. The van der Waals surface area contributed by atoms with Gasteiger partial charge in [0.25, 0.3) is 0 Å².